The van der Waals surface area contributed by atoms with Crippen LogP contribution < -0.4 is 0 Å². The Kier molecular flexibility index (Phi) is 3.14. The van der Waals surface area contributed by atoms with Gasteiger partial charge in [-0.1, -0.05) is 19.9 Å². The van der Waals surface area contributed by atoms with E-state index in [0.717, 1.165) is 6.08 Å². The van der Waals surface area contributed by atoms with Gasteiger partial charge >= 0.3 is 12.1 Å². The Hall–Kier alpha value is -0.230. The second-order valence-electron chi connectivity index (χ2n) is 4.23. The minimum atomic E-state index is -4.52. The molecule has 0 aromatic heterocycles. The van der Waals surface area contributed by atoms with Crippen LogP contribution in [0, 0.1) is 11.3 Å². The number of alkyl halides is 4. The van der Waals surface area contributed by atoms with Gasteiger partial charge in [-0.25, -0.2) is 0 Å². The Balaban J connectivity index is 3.00. The lowest BCUT2D eigenvalue weighted by Crippen LogP contribution is -2.21. The molecule has 0 heterocycles. The summed E-state index contributed by atoms with van der Waals surface area (Å²) in [6.07, 6.45) is -3.70. The first-order valence-electron chi connectivity index (χ1n) is 4.32. The van der Waals surface area contributed by atoms with Crippen LogP contribution in [-0.2, 0) is 4.79 Å². The zero-order valence-corrected chi connectivity index (χ0v) is 10.7. The largest absolute Gasteiger partial charge is 0.480 e. The molecule has 1 rings (SSSR count). The number of carboxylic acids is 1. The number of aliphatic carboxylic acids is 1. The zero-order chi connectivity index (χ0) is 12.9. The van der Waals surface area contributed by atoms with Gasteiger partial charge < -0.3 is 5.11 Å². The smallest absolute Gasteiger partial charge is 0.422 e. The van der Waals surface area contributed by atoms with Crippen LogP contribution in [0.4, 0.5) is 13.2 Å². The van der Waals surface area contributed by atoms with Gasteiger partial charge in [0.1, 0.15) is 0 Å². The summed E-state index contributed by atoms with van der Waals surface area (Å²) in [4.78, 5) is 9.23. The Morgan fingerprint density at radius 1 is 1.50 bits per heavy atom. The maximum atomic E-state index is 12.2. The number of allylic oxidation sites excluding steroid dienone is 2. The minimum Gasteiger partial charge on any atom is -0.480 e. The highest BCUT2D eigenvalue weighted by Crippen LogP contribution is 2.67. The van der Waals surface area contributed by atoms with E-state index in [1.165, 1.54) is 13.8 Å². The molecule has 1 aliphatic carbocycles. The molecule has 0 saturated heterocycles. The summed E-state index contributed by atoms with van der Waals surface area (Å²) >= 11 is 8.17. The molecule has 92 valence electrons. The van der Waals surface area contributed by atoms with Crippen LogP contribution in [0.25, 0.3) is 0 Å². The number of carbonyl (C=O) groups is 1. The topological polar surface area (TPSA) is 37.3 Å². The molecule has 1 aliphatic rings. The van der Waals surface area contributed by atoms with Crippen LogP contribution in [0.15, 0.2) is 10.6 Å². The van der Waals surface area contributed by atoms with Crippen LogP contribution >= 0.6 is 27.5 Å². The van der Waals surface area contributed by atoms with E-state index in [-0.39, 0.29) is 0 Å². The highest BCUT2D eigenvalue weighted by molar-refractivity contribution is 9.11. The summed E-state index contributed by atoms with van der Waals surface area (Å²) in [6, 6.07) is 0. The number of hydrogen-bond acceptors (Lipinski definition) is 1. The molecular formula is C9H9BrClF3O2. The van der Waals surface area contributed by atoms with Gasteiger partial charge in [0.2, 0.25) is 0 Å². The van der Waals surface area contributed by atoms with Crippen molar-refractivity contribution in [2.45, 2.75) is 24.9 Å². The minimum absolute atomic E-state index is 0.821. The molecule has 0 aliphatic heterocycles. The zero-order valence-electron chi connectivity index (χ0n) is 8.40. The Morgan fingerprint density at radius 3 is 2.19 bits per heavy atom. The molecule has 2 atom stereocenters. The van der Waals surface area contributed by atoms with Crippen molar-refractivity contribution in [3.8, 4) is 0 Å². The lowest BCUT2D eigenvalue weighted by molar-refractivity contribution is -0.138. The summed E-state index contributed by atoms with van der Waals surface area (Å²) in [7, 11) is 0. The quantitative estimate of drug-likeness (QED) is 0.790. The molecule has 1 fully saturated rings. The third-order valence-corrected chi connectivity index (χ3v) is 4.55. The van der Waals surface area contributed by atoms with Crippen molar-refractivity contribution in [2.75, 3.05) is 0 Å². The Labute approximate surface area is 104 Å². The fourth-order valence-corrected chi connectivity index (χ4v) is 2.38. The average molecular weight is 322 g/mol. The van der Waals surface area contributed by atoms with E-state index in [9.17, 15) is 18.0 Å². The molecule has 0 amide bonds. The molecule has 1 saturated carbocycles. The van der Waals surface area contributed by atoms with Crippen molar-refractivity contribution in [3.05, 3.63) is 10.6 Å². The summed E-state index contributed by atoms with van der Waals surface area (Å²) in [5.74, 6) is -2.15. The predicted octanol–water partition coefficient (Wildman–Crippen LogP) is 3.55. The van der Waals surface area contributed by atoms with Crippen LogP contribution in [0.5, 0.6) is 0 Å². The molecule has 0 bridgehead atoms. The third-order valence-electron chi connectivity index (χ3n) is 2.96. The molecule has 2 unspecified atom stereocenters. The standard InChI is InChI=1S/C9H9BrClF3O2/c1-7(2)4(8(7,11)6(15)16)3-5(10)9(12,13)14/h3-4H,1-2H3,(H,15,16). The molecule has 0 aromatic rings. The van der Waals surface area contributed by atoms with Gasteiger partial charge in [0, 0.05) is 11.3 Å². The van der Waals surface area contributed by atoms with Gasteiger partial charge in [-0.05, 0) is 15.9 Å². The van der Waals surface area contributed by atoms with Gasteiger partial charge in [0.25, 0.3) is 0 Å². The van der Waals surface area contributed by atoms with Gasteiger partial charge in [-0.2, -0.15) is 13.2 Å². The summed E-state index contributed by atoms with van der Waals surface area (Å²) in [5, 5.41) is 8.88. The summed E-state index contributed by atoms with van der Waals surface area (Å²) < 4.78 is 35.7. The SMILES string of the molecule is CC1(C)C(C=C(Br)C(F)(F)F)C1(Cl)C(=O)O. The normalized spacial score (nSPS) is 33.7. The maximum absolute atomic E-state index is 12.2. The van der Waals surface area contributed by atoms with E-state index in [4.69, 9.17) is 16.7 Å². The van der Waals surface area contributed by atoms with E-state index >= 15 is 0 Å². The van der Waals surface area contributed by atoms with E-state index in [0.29, 0.717) is 0 Å². The second-order valence-corrected chi connectivity index (χ2v) is 5.68. The maximum Gasteiger partial charge on any atom is 0.422 e. The van der Waals surface area contributed by atoms with Gasteiger partial charge in [0.05, 0.1) is 4.48 Å². The Morgan fingerprint density at radius 2 is 1.94 bits per heavy atom. The predicted molar refractivity (Wildman–Crippen MR) is 56.6 cm³/mol. The number of halogens is 5. The van der Waals surface area contributed by atoms with Crippen molar-refractivity contribution >= 4 is 33.5 Å². The summed E-state index contributed by atoms with van der Waals surface area (Å²) in [6.45, 7) is 3.04. The number of carboxylic acid groups (broad SMARTS) is 1. The van der Waals surface area contributed by atoms with Gasteiger partial charge in [-0.3, -0.25) is 4.79 Å². The van der Waals surface area contributed by atoms with Crippen LogP contribution in [-0.4, -0.2) is 22.1 Å². The number of hydrogen-bond donors (Lipinski definition) is 1. The molecule has 1 N–H and O–H groups in total. The molecule has 7 heteroatoms. The fraction of sp³-hybridized carbons (Fsp3) is 0.667. The van der Waals surface area contributed by atoms with Crippen molar-refractivity contribution in [1.82, 2.24) is 0 Å². The molecule has 0 aromatic carbocycles. The lowest BCUT2D eigenvalue weighted by atomic mass is 10.1. The van der Waals surface area contributed by atoms with Gasteiger partial charge in [0.15, 0.2) is 4.87 Å². The molecule has 0 spiro atoms. The van der Waals surface area contributed by atoms with Crippen LogP contribution in [0.2, 0.25) is 0 Å². The first-order valence-corrected chi connectivity index (χ1v) is 5.49. The first kappa shape index (κ1) is 13.8. The van der Waals surface area contributed by atoms with E-state index in [1.54, 1.807) is 0 Å². The van der Waals surface area contributed by atoms with Crippen molar-refractivity contribution < 1.29 is 23.1 Å². The second kappa shape index (κ2) is 3.63. The summed E-state index contributed by atoms with van der Waals surface area (Å²) in [5.41, 5.74) is -0.898. The average Bonchev–Trinajstić information content (AvgIpc) is 2.49. The fourth-order valence-electron chi connectivity index (χ4n) is 1.72. The van der Waals surface area contributed by atoms with E-state index in [2.05, 4.69) is 15.9 Å². The van der Waals surface area contributed by atoms with E-state index in [1.807, 2.05) is 0 Å². The lowest BCUT2D eigenvalue weighted by Gasteiger charge is -2.04. The number of rotatable bonds is 2. The highest BCUT2D eigenvalue weighted by atomic mass is 79.9. The van der Waals surface area contributed by atoms with Crippen LogP contribution in [0.1, 0.15) is 13.8 Å². The monoisotopic (exact) mass is 320 g/mol. The molecule has 0 radical (unpaired) electrons. The highest BCUT2D eigenvalue weighted by Gasteiger charge is 2.75. The van der Waals surface area contributed by atoms with Crippen molar-refractivity contribution in [2.24, 2.45) is 11.3 Å². The molecular weight excluding hydrogens is 312 g/mol. The van der Waals surface area contributed by atoms with Crippen molar-refractivity contribution in [1.29, 1.82) is 0 Å². The molecule has 2 nitrogen and oxygen atoms in total. The van der Waals surface area contributed by atoms with Gasteiger partial charge in [-0.15, -0.1) is 11.6 Å². The Bertz CT molecular complexity index is 364. The third kappa shape index (κ3) is 1.86. The van der Waals surface area contributed by atoms with Crippen molar-refractivity contribution in [3.63, 3.8) is 0 Å². The first-order chi connectivity index (χ1) is 6.95. The van der Waals surface area contributed by atoms with E-state index < -0.39 is 32.8 Å². The van der Waals surface area contributed by atoms with Crippen LogP contribution in [0.3, 0.4) is 0 Å². The molecule has 16 heavy (non-hydrogen) atoms.